The zero-order valence-corrected chi connectivity index (χ0v) is 7.19. The van der Waals surface area contributed by atoms with Crippen molar-refractivity contribution in [1.82, 2.24) is 0 Å². The molecule has 0 unspecified atom stereocenters. The molecule has 2 rings (SSSR count). The van der Waals surface area contributed by atoms with Crippen LogP contribution in [0.3, 0.4) is 0 Å². The second kappa shape index (κ2) is 2.70. The highest BCUT2D eigenvalue weighted by Crippen LogP contribution is 2.34. The number of benzene rings is 1. The van der Waals surface area contributed by atoms with Crippen molar-refractivity contribution in [2.24, 2.45) is 4.99 Å². The van der Waals surface area contributed by atoms with E-state index >= 15 is 0 Å². The number of nitrogens with zero attached hydrogens (tertiary/aromatic N) is 1. The van der Waals surface area contributed by atoms with Crippen LogP contribution in [-0.2, 0) is 0 Å². The summed E-state index contributed by atoms with van der Waals surface area (Å²) in [4.78, 5) is 5.66. The van der Waals surface area contributed by atoms with Gasteiger partial charge >= 0.3 is 0 Å². The highest BCUT2D eigenvalue weighted by atomic mass is 32.2. The lowest BCUT2D eigenvalue weighted by Gasteiger charge is -2.10. The molecule has 0 amide bonds. The van der Waals surface area contributed by atoms with E-state index in [0.717, 1.165) is 11.4 Å². The van der Waals surface area contributed by atoms with Gasteiger partial charge in [-0.3, -0.25) is 4.99 Å². The first-order valence-corrected chi connectivity index (χ1v) is 4.61. The van der Waals surface area contributed by atoms with E-state index in [0.29, 0.717) is 0 Å². The lowest BCUT2D eigenvalue weighted by molar-refractivity contribution is 1.29. The quantitative estimate of drug-likeness (QED) is 0.573. The summed E-state index contributed by atoms with van der Waals surface area (Å²) < 4.78 is 0. The molecule has 0 atom stereocenters. The Morgan fingerprint density at radius 2 is 2.36 bits per heavy atom. The van der Waals surface area contributed by atoms with Gasteiger partial charge in [0.15, 0.2) is 0 Å². The van der Waals surface area contributed by atoms with Crippen molar-refractivity contribution in [3.8, 4) is 0 Å². The second-order valence-electron chi connectivity index (χ2n) is 2.54. The molecule has 0 aliphatic carbocycles. The van der Waals surface area contributed by atoms with Crippen LogP contribution in [0.4, 0.5) is 5.69 Å². The summed E-state index contributed by atoms with van der Waals surface area (Å²) in [7, 11) is 0. The van der Waals surface area contributed by atoms with Crippen LogP contribution in [0.2, 0.25) is 0 Å². The van der Waals surface area contributed by atoms with Crippen LogP contribution >= 0.6 is 11.8 Å². The van der Waals surface area contributed by atoms with Gasteiger partial charge in [0.1, 0.15) is 0 Å². The monoisotopic (exact) mass is 163 g/mol. The number of aliphatic imine (C=N–C) groups is 1. The van der Waals surface area contributed by atoms with Gasteiger partial charge in [-0.1, -0.05) is 12.1 Å². The fourth-order valence-corrected chi connectivity index (χ4v) is 2.02. The number of fused-ring (bicyclic) bond motifs is 1. The van der Waals surface area contributed by atoms with Gasteiger partial charge in [-0.05, 0) is 18.6 Å². The molecule has 2 heteroatoms. The first kappa shape index (κ1) is 6.92. The molecular weight excluding hydrogens is 154 g/mol. The van der Waals surface area contributed by atoms with Crippen LogP contribution < -0.4 is 0 Å². The zero-order chi connectivity index (χ0) is 7.68. The summed E-state index contributed by atoms with van der Waals surface area (Å²) in [6, 6.07) is 6.31. The van der Waals surface area contributed by atoms with Crippen LogP contribution in [-0.4, -0.2) is 12.0 Å². The molecule has 0 bridgehead atoms. The minimum absolute atomic E-state index is 1.01. The van der Waals surface area contributed by atoms with E-state index in [1.165, 1.54) is 10.5 Å². The SMILES string of the molecule is Cc1cccc2c1N=CCS2. The Kier molecular flexibility index (Phi) is 1.70. The van der Waals surface area contributed by atoms with Crippen LogP contribution in [0, 0.1) is 6.92 Å². The Hall–Kier alpha value is -0.760. The third kappa shape index (κ3) is 1.18. The Bertz CT molecular complexity index is 304. The van der Waals surface area contributed by atoms with E-state index in [1.807, 2.05) is 18.0 Å². The van der Waals surface area contributed by atoms with Crippen LogP contribution in [0.1, 0.15) is 5.56 Å². The third-order valence-electron chi connectivity index (χ3n) is 1.73. The molecule has 1 heterocycles. The second-order valence-corrected chi connectivity index (χ2v) is 3.61. The zero-order valence-electron chi connectivity index (χ0n) is 6.37. The molecular formula is C9H9NS. The maximum atomic E-state index is 4.35. The first-order chi connectivity index (χ1) is 5.38. The Balaban J connectivity index is 2.60. The molecule has 0 saturated carbocycles. The molecule has 0 N–H and O–H groups in total. The van der Waals surface area contributed by atoms with Crippen molar-refractivity contribution in [3.05, 3.63) is 23.8 Å². The normalized spacial score (nSPS) is 14.6. The van der Waals surface area contributed by atoms with Gasteiger partial charge in [-0.25, -0.2) is 0 Å². The fraction of sp³-hybridized carbons (Fsp3) is 0.222. The van der Waals surface area contributed by atoms with Gasteiger partial charge in [0.05, 0.1) is 5.69 Å². The average Bonchev–Trinajstić information content (AvgIpc) is 2.06. The van der Waals surface area contributed by atoms with Crippen molar-refractivity contribution in [2.45, 2.75) is 11.8 Å². The van der Waals surface area contributed by atoms with Gasteiger partial charge in [0.25, 0.3) is 0 Å². The van der Waals surface area contributed by atoms with E-state index in [1.54, 1.807) is 0 Å². The average molecular weight is 163 g/mol. The number of aryl methyl sites for hydroxylation is 1. The van der Waals surface area contributed by atoms with Crippen molar-refractivity contribution < 1.29 is 0 Å². The molecule has 0 saturated heterocycles. The molecule has 1 aromatic carbocycles. The summed E-state index contributed by atoms with van der Waals surface area (Å²) in [6.45, 7) is 2.10. The molecule has 11 heavy (non-hydrogen) atoms. The molecule has 0 aromatic heterocycles. The molecule has 1 aliphatic heterocycles. The van der Waals surface area contributed by atoms with Crippen LogP contribution in [0.15, 0.2) is 28.1 Å². The number of para-hydroxylation sites is 1. The summed E-state index contributed by atoms with van der Waals surface area (Å²) in [5.74, 6) is 1.01. The van der Waals surface area contributed by atoms with Gasteiger partial charge in [0.2, 0.25) is 0 Å². The summed E-state index contributed by atoms with van der Waals surface area (Å²) >= 11 is 1.85. The molecule has 1 nitrogen and oxygen atoms in total. The standard InChI is InChI=1S/C9H9NS/c1-7-3-2-4-8-9(7)10-5-6-11-8/h2-5H,6H2,1H3. The minimum atomic E-state index is 1.01. The number of rotatable bonds is 0. The van der Waals surface area contributed by atoms with E-state index in [4.69, 9.17) is 0 Å². The lowest BCUT2D eigenvalue weighted by Crippen LogP contribution is -1.89. The Morgan fingerprint density at radius 1 is 1.45 bits per heavy atom. The lowest BCUT2D eigenvalue weighted by atomic mass is 10.2. The number of hydrogen-bond donors (Lipinski definition) is 0. The summed E-state index contributed by atoms with van der Waals surface area (Å²) in [6.07, 6.45) is 1.97. The van der Waals surface area contributed by atoms with E-state index in [9.17, 15) is 0 Å². The van der Waals surface area contributed by atoms with Gasteiger partial charge in [-0.2, -0.15) is 0 Å². The van der Waals surface area contributed by atoms with Crippen LogP contribution in [0.25, 0.3) is 0 Å². The predicted molar refractivity (Wildman–Crippen MR) is 50.1 cm³/mol. The summed E-state index contributed by atoms with van der Waals surface area (Å²) in [5.41, 5.74) is 2.43. The molecule has 56 valence electrons. The van der Waals surface area contributed by atoms with Crippen molar-refractivity contribution in [1.29, 1.82) is 0 Å². The predicted octanol–water partition coefficient (Wildman–Crippen LogP) is 2.80. The van der Waals surface area contributed by atoms with E-state index in [2.05, 4.69) is 30.1 Å². The topological polar surface area (TPSA) is 12.4 Å². The molecule has 0 fully saturated rings. The maximum absolute atomic E-state index is 4.35. The molecule has 1 aliphatic rings. The summed E-state index contributed by atoms with van der Waals surface area (Å²) in [5, 5.41) is 0. The minimum Gasteiger partial charge on any atom is -0.259 e. The van der Waals surface area contributed by atoms with E-state index in [-0.39, 0.29) is 0 Å². The van der Waals surface area contributed by atoms with Crippen molar-refractivity contribution >= 4 is 23.7 Å². The van der Waals surface area contributed by atoms with E-state index < -0.39 is 0 Å². The highest BCUT2D eigenvalue weighted by molar-refractivity contribution is 8.00. The maximum Gasteiger partial charge on any atom is 0.0791 e. The van der Waals surface area contributed by atoms with Gasteiger partial charge in [-0.15, -0.1) is 11.8 Å². The molecule has 0 radical (unpaired) electrons. The Labute approximate surface area is 70.5 Å². The first-order valence-electron chi connectivity index (χ1n) is 3.63. The largest absolute Gasteiger partial charge is 0.259 e. The number of thioether (sulfide) groups is 1. The fourth-order valence-electron chi connectivity index (χ4n) is 1.17. The smallest absolute Gasteiger partial charge is 0.0791 e. The van der Waals surface area contributed by atoms with Crippen molar-refractivity contribution in [2.75, 3.05) is 5.75 Å². The highest BCUT2D eigenvalue weighted by Gasteiger charge is 2.06. The number of hydrogen-bond acceptors (Lipinski definition) is 2. The third-order valence-corrected chi connectivity index (χ3v) is 2.69. The molecule has 1 aromatic rings. The van der Waals surface area contributed by atoms with Gasteiger partial charge < -0.3 is 0 Å². The molecule has 0 spiro atoms. The van der Waals surface area contributed by atoms with Gasteiger partial charge in [0, 0.05) is 16.9 Å². The van der Waals surface area contributed by atoms with Crippen LogP contribution in [0.5, 0.6) is 0 Å². The van der Waals surface area contributed by atoms with Crippen molar-refractivity contribution in [3.63, 3.8) is 0 Å². The Morgan fingerprint density at radius 3 is 3.18 bits per heavy atom.